The lowest BCUT2D eigenvalue weighted by Crippen LogP contribution is -2.14. The van der Waals surface area contributed by atoms with Crippen LogP contribution in [0.3, 0.4) is 0 Å². The summed E-state index contributed by atoms with van der Waals surface area (Å²) in [5.41, 5.74) is 5.54. The van der Waals surface area contributed by atoms with Crippen LogP contribution in [0.4, 0.5) is 0 Å². The molecule has 0 amide bonds. The fraction of sp³-hybridized carbons (Fsp3) is 0.259. The molecule has 158 valence electrons. The number of fused-ring (bicyclic) bond motifs is 1. The molecule has 0 fully saturated rings. The number of benzene rings is 2. The van der Waals surface area contributed by atoms with Crippen LogP contribution in [0, 0.1) is 0 Å². The Bertz CT molecular complexity index is 1140. The smallest absolute Gasteiger partial charge is 0.167 e. The van der Waals surface area contributed by atoms with Gasteiger partial charge in [0.15, 0.2) is 5.78 Å². The van der Waals surface area contributed by atoms with Gasteiger partial charge in [-0.05, 0) is 85.9 Å². The normalized spacial score (nSPS) is 11.3. The van der Waals surface area contributed by atoms with Gasteiger partial charge in [0.1, 0.15) is 0 Å². The molecule has 4 aromatic rings. The monoisotopic (exact) mass is 411 g/mol. The third kappa shape index (κ3) is 5.47. The first-order valence-corrected chi connectivity index (χ1v) is 10.8. The van der Waals surface area contributed by atoms with Crippen LogP contribution in [-0.2, 0) is 19.4 Å². The summed E-state index contributed by atoms with van der Waals surface area (Å²) in [5, 5.41) is 1.28. The number of hydrogen-bond acceptors (Lipinski definition) is 3. The molecule has 0 bridgehead atoms. The summed E-state index contributed by atoms with van der Waals surface area (Å²) in [4.78, 5) is 18.7. The van der Waals surface area contributed by atoms with Crippen molar-refractivity contribution in [2.75, 3.05) is 20.6 Å². The lowest BCUT2D eigenvalue weighted by Gasteiger charge is -2.11. The van der Waals surface area contributed by atoms with Gasteiger partial charge in [0.05, 0.1) is 0 Å². The van der Waals surface area contributed by atoms with Crippen molar-refractivity contribution < 1.29 is 4.79 Å². The molecule has 0 aliphatic carbocycles. The van der Waals surface area contributed by atoms with Gasteiger partial charge in [0.2, 0.25) is 0 Å². The van der Waals surface area contributed by atoms with Gasteiger partial charge in [-0.3, -0.25) is 9.78 Å². The van der Waals surface area contributed by atoms with Crippen LogP contribution in [0.5, 0.6) is 0 Å². The van der Waals surface area contributed by atoms with Gasteiger partial charge in [-0.2, -0.15) is 0 Å². The van der Waals surface area contributed by atoms with E-state index in [1.165, 1.54) is 22.0 Å². The second kappa shape index (κ2) is 9.71. The highest BCUT2D eigenvalue weighted by Gasteiger charge is 2.08. The predicted molar refractivity (Wildman–Crippen MR) is 127 cm³/mol. The van der Waals surface area contributed by atoms with Crippen molar-refractivity contribution in [3.05, 3.63) is 102 Å². The zero-order valence-electron chi connectivity index (χ0n) is 18.3. The Labute approximate surface area is 184 Å². The second-order valence-corrected chi connectivity index (χ2v) is 8.39. The first kappa shape index (κ1) is 21.0. The van der Waals surface area contributed by atoms with Crippen molar-refractivity contribution in [1.82, 2.24) is 14.5 Å². The molecule has 4 heteroatoms. The number of pyridine rings is 1. The molecule has 0 radical (unpaired) electrons. The minimum Gasteiger partial charge on any atom is -0.347 e. The van der Waals surface area contributed by atoms with Crippen LogP contribution >= 0.6 is 0 Å². The number of carbonyl (C=O) groups is 1. The Morgan fingerprint density at radius 3 is 2.39 bits per heavy atom. The molecule has 2 aromatic carbocycles. The molecule has 4 rings (SSSR count). The van der Waals surface area contributed by atoms with E-state index >= 15 is 0 Å². The van der Waals surface area contributed by atoms with Crippen LogP contribution in [0.15, 0.2) is 79.3 Å². The Hall–Kier alpha value is -3.24. The number of rotatable bonds is 9. The van der Waals surface area contributed by atoms with Gasteiger partial charge >= 0.3 is 0 Å². The van der Waals surface area contributed by atoms with Crippen LogP contribution in [0.2, 0.25) is 0 Å². The van der Waals surface area contributed by atoms with E-state index in [4.69, 9.17) is 0 Å². The van der Waals surface area contributed by atoms with Crippen LogP contribution in [-0.4, -0.2) is 40.9 Å². The van der Waals surface area contributed by atoms with Gasteiger partial charge in [0, 0.05) is 42.6 Å². The minimum atomic E-state index is 0.134. The van der Waals surface area contributed by atoms with Crippen LogP contribution in [0.25, 0.3) is 10.9 Å². The molecule has 2 heterocycles. The van der Waals surface area contributed by atoms with Crippen molar-refractivity contribution >= 4 is 16.7 Å². The Morgan fingerprint density at radius 1 is 0.903 bits per heavy atom. The molecule has 0 unspecified atom stereocenters. The molecule has 0 saturated carbocycles. The summed E-state index contributed by atoms with van der Waals surface area (Å²) >= 11 is 0. The van der Waals surface area contributed by atoms with E-state index in [0.29, 0.717) is 6.42 Å². The maximum absolute atomic E-state index is 12.5. The average molecular weight is 412 g/mol. The van der Waals surface area contributed by atoms with Crippen molar-refractivity contribution in [3.63, 3.8) is 0 Å². The number of carbonyl (C=O) groups excluding carboxylic acids is 1. The lowest BCUT2D eigenvalue weighted by atomic mass is 9.99. The number of ketones is 1. The molecule has 0 saturated heterocycles. The SMILES string of the molecule is CN(C)CCCn1ccc2cc(Cc3ccc(C(=O)Cc4ccncc4)cc3)ccc21. The third-order valence-electron chi connectivity index (χ3n) is 5.64. The molecule has 0 spiro atoms. The fourth-order valence-electron chi connectivity index (χ4n) is 3.94. The van der Waals surface area contributed by atoms with Gasteiger partial charge in [-0.1, -0.05) is 30.3 Å². The van der Waals surface area contributed by atoms with E-state index in [2.05, 4.69) is 71.1 Å². The molecular weight excluding hydrogens is 382 g/mol. The van der Waals surface area contributed by atoms with Gasteiger partial charge in [-0.15, -0.1) is 0 Å². The van der Waals surface area contributed by atoms with Gasteiger partial charge < -0.3 is 9.47 Å². The largest absolute Gasteiger partial charge is 0.347 e. The maximum Gasteiger partial charge on any atom is 0.167 e. The van der Waals surface area contributed by atoms with E-state index in [9.17, 15) is 4.79 Å². The average Bonchev–Trinajstić information content (AvgIpc) is 3.17. The molecule has 0 atom stereocenters. The third-order valence-corrected chi connectivity index (χ3v) is 5.64. The predicted octanol–water partition coefficient (Wildman–Crippen LogP) is 5.00. The molecule has 2 aromatic heterocycles. The molecule has 4 nitrogen and oxygen atoms in total. The summed E-state index contributed by atoms with van der Waals surface area (Å²) in [7, 11) is 4.23. The van der Waals surface area contributed by atoms with Crippen LogP contribution < -0.4 is 0 Å². The van der Waals surface area contributed by atoms with Crippen LogP contribution in [0.1, 0.15) is 33.5 Å². The maximum atomic E-state index is 12.5. The van der Waals surface area contributed by atoms with E-state index in [-0.39, 0.29) is 5.78 Å². The summed E-state index contributed by atoms with van der Waals surface area (Å²) < 4.78 is 2.34. The highest BCUT2D eigenvalue weighted by molar-refractivity contribution is 5.97. The summed E-state index contributed by atoms with van der Waals surface area (Å²) in [6.07, 6.45) is 8.05. The molecule has 0 aliphatic heterocycles. The molecular formula is C27H29N3O. The Balaban J connectivity index is 1.40. The lowest BCUT2D eigenvalue weighted by molar-refractivity contribution is 0.0993. The highest BCUT2D eigenvalue weighted by atomic mass is 16.1. The van der Waals surface area contributed by atoms with Gasteiger partial charge in [0.25, 0.3) is 0 Å². The number of aromatic nitrogens is 2. The van der Waals surface area contributed by atoms with Crippen molar-refractivity contribution in [2.45, 2.75) is 25.8 Å². The van der Waals surface area contributed by atoms with E-state index in [1.54, 1.807) is 12.4 Å². The molecule has 0 aliphatic rings. The summed E-state index contributed by atoms with van der Waals surface area (Å²) in [6.45, 7) is 2.13. The molecule has 0 N–H and O–H groups in total. The number of Topliss-reactive ketones (excluding diaryl/α,β-unsaturated/α-hetero) is 1. The first-order valence-electron chi connectivity index (χ1n) is 10.8. The number of hydrogen-bond donors (Lipinski definition) is 0. The zero-order chi connectivity index (χ0) is 21.6. The van der Waals surface area contributed by atoms with Crippen molar-refractivity contribution in [3.8, 4) is 0 Å². The van der Waals surface area contributed by atoms with Gasteiger partial charge in [-0.25, -0.2) is 0 Å². The van der Waals surface area contributed by atoms with Crippen molar-refractivity contribution in [2.24, 2.45) is 0 Å². The highest BCUT2D eigenvalue weighted by Crippen LogP contribution is 2.20. The minimum absolute atomic E-state index is 0.134. The van der Waals surface area contributed by atoms with E-state index < -0.39 is 0 Å². The number of nitrogens with zero attached hydrogens (tertiary/aromatic N) is 3. The second-order valence-electron chi connectivity index (χ2n) is 8.39. The van der Waals surface area contributed by atoms with E-state index in [0.717, 1.165) is 37.1 Å². The molecule has 31 heavy (non-hydrogen) atoms. The quantitative estimate of drug-likeness (QED) is 0.364. The topological polar surface area (TPSA) is 38.1 Å². The zero-order valence-corrected chi connectivity index (χ0v) is 18.3. The Kier molecular flexibility index (Phi) is 6.58. The first-order chi connectivity index (χ1) is 15.1. The number of aryl methyl sites for hydroxylation is 1. The Morgan fingerprint density at radius 2 is 1.65 bits per heavy atom. The van der Waals surface area contributed by atoms with E-state index in [1.807, 2.05) is 24.3 Å². The fourth-order valence-corrected chi connectivity index (χ4v) is 3.94. The summed E-state index contributed by atoms with van der Waals surface area (Å²) in [5.74, 6) is 0.134. The van der Waals surface area contributed by atoms with Crippen molar-refractivity contribution in [1.29, 1.82) is 0 Å². The summed E-state index contributed by atoms with van der Waals surface area (Å²) in [6, 6.07) is 20.7. The standard InChI is InChI=1S/C27H29N3O/c1-29(2)15-3-16-30-17-12-25-19-23(6-9-26(25)30)18-21-4-7-24(8-5-21)27(31)20-22-10-13-28-14-11-22/h4-14,17,19H,3,15-16,18,20H2,1-2H3.